The van der Waals surface area contributed by atoms with Crippen LogP contribution in [0.2, 0.25) is 0 Å². The summed E-state index contributed by atoms with van der Waals surface area (Å²) in [5.41, 5.74) is 2.36. The topological polar surface area (TPSA) is 43.7 Å². The predicted molar refractivity (Wildman–Crippen MR) is 68.4 cm³/mol. The van der Waals surface area contributed by atoms with Gasteiger partial charge in [-0.2, -0.15) is 0 Å². The number of benzene rings is 1. The van der Waals surface area contributed by atoms with E-state index in [9.17, 15) is 10.2 Å². The molecule has 1 aromatic carbocycles. The molecule has 17 heavy (non-hydrogen) atoms. The van der Waals surface area contributed by atoms with Crippen molar-refractivity contribution in [3.8, 4) is 11.5 Å². The molecule has 1 aliphatic rings. The summed E-state index contributed by atoms with van der Waals surface area (Å²) >= 11 is 0. The van der Waals surface area contributed by atoms with Gasteiger partial charge in [0, 0.05) is 6.04 Å². The molecule has 0 aliphatic heterocycles. The summed E-state index contributed by atoms with van der Waals surface area (Å²) < 4.78 is 0. The maximum absolute atomic E-state index is 9.64. The van der Waals surface area contributed by atoms with Crippen LogP contribution in [-0.4, -0.2) is 28.7 Å². The van der Waals surface area contributed by atoms with Crippen LogP contribution in [0.4, 0.5) is 0 Å². The number of phenols is 2. The first-order valence-corrected chi connectivity index (χ1v) is 6.38. The Hall–Kier alpha value is -1.22. The number of aryl methyl sites for hydroxylation is 1. The fraction of sp³-hybridized carbons (Fsp3) is 0.571. The van der Waals surface area contributed by atoms with Gasteiger partial charge in [0.2, 0.25) is 0 Å². The highest BCUT2D eigenvalue weighted by molar-refractivity contribution is 5.47. The number of aromatic hydroxyl groups is 2. The number of phenolic OH excluding ortho intramolecular Hbond substituents is 2. The van der Waals surface area contributed by atoms with Crippen molar-refractivity contribution in [2.24, 2.45) is 0 Å². The highest BCUT2D eigenvalue weighted by atomic mass is 16.3. The molecule has 2 rings (SSSR count). The summed E-state index contributed by atoms with van der Waals surface area (Å²) in [6.45, 7) is 3.24. The third-order valence-corrected chi connectivity index (χ3v) is 3.63. The minimum Gasteiger partial charge on any atom is -0.504 e. The first kappa shape index (κ1) is 12.2. The zero-order valence-corrected chi connectivity index (χ0v) is 10.6. The van der Waals surface area contributed by atoms with E-state index in [4.69, 9.17) is 0 Å². The monoisotopic (exact) mass is 235 g/mol. The number of fused-ring (bicyclic) bond motifs is 1. The molecule has 1 atom stereocenters. The Morgan fingerprint density at radius 2 is 2.00 bits per heavy atom. The Labute approximate surface area is 103 Å². The molecule has 94 valence electrons. The molecule has 0 spiro atoms. The van der Waals surface area contributed by atoms with Crippen molar-refractivity contribution < 1.29 is 10.2 Å². The van der Waals surface area contributed by atoms with Crippen molar-refractivity contribution in [1.29, 1.82) is 0 Å². The quantitative estimate of drug-likeness (QED) is 0.792. The van der Waals surface area contributed by atoms with Crippen LogP contribution in [0, 0.1) is 0 Å². The van der Waals surface area contributed by atoms with Gasteiger partial charge in [0.05, 0.1) is 0 Å². The SMILES string of the molecule is CCCN(C)C1CCCc2cc(O)c(O)cc21. The number of rotatable bonds is 3. The van der Waals surface area contributed by atoms with Crippen molar-refractivity contribution in [3.63, 3.8) is 0 Å². The first-order chi connectivity index (χ1) is 8.13. The minimum atomic E-state index is 0.000508. The second-order valence-electron chi connectivity index (χ2n) is 4.93. The van der Waals surface area contributed by atoms with Crippen LogP contribution in [0.1, 0.15) is 43.4 Å². The number of hydrogen-bond acceptors (Lipinski definition) is 3. The lowest BCUT2D eigenvalue weighted by molar-refractivity contribution is 0.221. The molecule has 1 unspecified atom stereocenters. The molecule has 3 heteroatoms. The van der Waals surface area contributed by atoms with Crippen LogP contribution in [-0.2, 0) is 6.42 Å². The normalized spacial score (nSPS) is 19.4. The van der Waals surface area contributed by atoms with E-state index in [-0.39, 0.29) is 11.5 Å². The molecule has 0 bridgehead atoms. The van der Waals surface area contributed by atoms with E-state index in [0.717, 1.165) is 32.2 Å². The summed E-state index contributed by atoms with van der Waals surface area (Å²) in [4.78, 5) is 2.34. The van der Waals surface area contributed by atoms with Crippen molar-refractivity contribution in [2.75, 3.05) is 13.6 Å². The summed E-state index contributed by atoms with van der Waals surface area (Å²) in [6.07, 6.45) is 4.41. The maximum Gasteiger partial charge on any atom is 0.157 e. The zero-order valence-electron chi connectivity index (χ0n) is 10.6. The Balaban J connectivity index is 2.33. The molecular weight excluding hydrogens is 214 g/mol. The molecule has 1 aromatic rings. The highest BCUT2D eigenvalue weighted by Gasteiger charge is 2.24. The van der Waals surface area contributed by atoms with E-state index in [1.54, 1.807) is 12.1 Å². The van der Waals surface area contributed by atoms with Crippen molar-refractivity contribution in [1.82, 2.24) is 4.90 Å². The molecule has 0 fully saturated rings. The van der Waals surface area contributed by atoms with E-state index in [1.807, 2.05) is 0 Å². The van der Waals surface area contributed by atoms with E-state index >= 15 is 0 Å². The molecule has 2 N–H and O–H groups in total. The second-order valence-corrected chi connectivity index (χ2v) is 4.93. The lowest BCUT2D eigenvalue weighted by Gasteiger charge is -2.33. The molecule has 1 aliphatic carbocycles. The molecule has 0 heterocycles. The Morgan fingerprint density at radius 3 is 2.71 bits per heavy atom. The van der Waals surface area contributed by atoms with Crippen molar-refractivity contribution >= 4 is 0 Å². The van der Waals surface area contributed by atoms with Crippen LogP contribution < -0.4 is 0 Å². The Morgan fingerprint density at radius 1 is 1.29 bits per heavy atom. The van der Waals surface area contributed by atoms with Gasteiger partial charge < -0.3 is 10.2 Å². The summed E-state index contributed by atoms with van der Waals surface area (Å²) in [6, 6.07) is 3.84. The second kappa shape index (κ2) is 4.96. The largest absolute Gasteiger partial charge is 0.504 e. The first-order valence-electron chi connectivity index (χ1n) is 6.38. The summed E-state index contributed by atoms with van der Waals surface area (Å²) in [7, 11) is 2.13. The Bertz CT molecular complexity index is 403. The minimum absolute atomic E-state index is 0.000508. The Kier molecular flexibility index (Phi) is 3.57. The van der Waals surface area contributed by atoms with E-state index in [1.165, 1.54) is 11.1 Å². The fourth-order valence-corrected chi connectivity index (χ4v) is 2.77. The van der Waals surface area contributed by atoms with Crippen molar-refractivity contribution in [3.05, 3.63) is 23.3 Å². The van der Waals surface area contributed by atoms with Gasteiger partial charge in [0.25, 0.3) is 0 Å². The third kappa shape index (κ3) is 2.39. The van der Waals surface area contributed by atoms with E-state index in [0.29, 0.717) is 6.04 Å². The zero-order chi connectivity index (χ0) is 12.4. The van der Waals surface area contributed by atoms with Crippen LogP contribution in [0.15, 0.2) is 12.1 Å². The summed E-state index contributed by atoms with van der Waals surface area (Å²) in [5.74, 6) is 0.00286. The van der Waals surface area contributed by atoms with E-state index < -0.39 is 0 Å². The molecule has 0 amide bonds. The van der Waals surface area contributed by atoms with Gasteiger partial charge in [-0.25, -0.2) is 0 Å². The predicted octanol–water partition coefficient (Wildman–Crippen LogP) is 2.82. The van der Waals surface area contributed by atoms with Gasteiger partial charge in [-0.05, 0) is 62.5 Å². The van der Waals surface area contributed by atoms with Gasteiger partial charge in [-0.15, -0.1) is 0 Å². The van der Waals surface area contributed by atoms with Crippen LogP contribution in [0.25, 0.3) is 0 Å². The van der Waals surface area contributed by atoms with Gasteiger partial charge in [0.15, 0.2) is 11.5 Å². The third-order valence-electron chi connectivity index (χ3n) is 3.63. The van der Waals surface area contributed by atoms with Crippen molar-refractivity contribution in [2.45, 2.75) is 38.6 Å². The summed E-state index contributed by atoms with van der Waals surface area (Å²) in [5, 5.41) is 19.2. The molecular formula is C14H21NO2. The number of nitrogens with zero attached hydrogens (tertiary/aromatic N) is 1. The van der Waals surface area contributed by atoms with Crippen LogP contribution in [0.5, 0.6) is 11.5 Å². The highest BCUT2D eigenvalue weighted by Crippen LogP contribution is 2.39. The van der Waals surface area contributed by atoms with E-state index in [2.05, 4.69) is 18.9 Å². The standard InChI is InChI=1S/C14H21NO2/c1-3-7-15(2)12-6-4-5-10-8-13(16)14(17)9-11(10)12/h8-9,12,16-17H,3-7H2,1-2H3. The molecule has 0 saturated heterocycles. The lowest BCUT2D eigenvalue weighted by Crippen LogP contribution is -2.28. The molecule has 3 nitrogen and oxygen atoms in total. The van der Waals surface area contributed by atoms with Gasteiger partial charge in [-0.3, -0.25) is 4.90 Å². The molecule has 0 aromatic heterocycles. The maximum atomic E-state index is 9.64. The molecule has 0 saturated carbocycles. The smallest absolute Gasteiger partial charge is 0.157 e. The molecule has 0 radical (unpaired) electrons. The van der Waals surface area contributed by atoms with Gasteiger partial charge in [0.1, 0.15) is 0 Å². The van der Waals surface area contributed by atoms with Gasteiger partial charge in [-0.1, -0.05) is 6.92 Å². The fourth-order valence-electron chi connectivity index (χ4n) is 2.77. The van der Waals surface area contributed by atoms with Crippen LogP contribution in [0.3, 0.4) is 0 Å². The average Bonchev–Trinajstić information content (AvgIpc) is 2.30. The number of hydrogen-bond donors (Lipinski definition) is 2. The van der Waals surface area contributed by atoms with Gasteiger partial charge >= 0.3 is 0 Å². The van der Waals surface area contributed by atoms with Crippen LogP contribution >= 0.6 is 0 Å². The lowest BCUT2D eigenvalue weighted by atomic mass is 9.86. The average molecular weight is 235 g/mol.